The molecule has 0 spiro atoms. The molecule has 1 aromatic carbocycles. The molecule has 2 N–H and O–H groups in total. The third-order valence-corrected chi connectivity index (χ3v) is 7.02. The molecule has 3 aromatic rings. The first kappa shape index (κ1) is 21.6. The number of sulfonamides is 1. The minimum Gasteiger partial charge on any atom is -0.333 e. The van der Waals surface area contributed by atoms with E-state index in [1.165, 1.54) is 23.9 Å². The number of rotatable bonds is 9. The highest BCUT2D eigenvalue weighted by molar-refractivity contribution is 7.99. The molecular formula is C19H22N4O3S3. The van der Waals surface area contributed by atoms with Gasteiger partial charge in [-0.2, -0.15) is 0 Å². The van der Waals surface area contributed by atoms with Crippen molar-refractivity contribution < 1.29 is 13.2 Å². The second-order valence-electron chi connectivity index (χ2n) is 6.27. The molecule has 0 aliphatic rings. The van der Waals surface area contributed by atoms with Crippen LogP contribution in [-0.2, 0) is 27.9 Å². The number of thiophene rings is 1. The Labute approximate surface area is 178 Å². The molecule has 0 saturated carbocycles. The summed E-state index contributed by atoms with van der Waals surface area (Å²) >= 11 is 2.95. The molecule has 154 valence electrons. The van der Waals surface area contributed by atoms with Crippen molar-refractivity contribution in [2.45, 2.75) is 30.1 Å². The SMILES string of the molecule is C=CCN(Cc1cccs1)C(=O)CSc1nc2cc(S(N)(=O)=O)ccc2n1CC. The van der Waals surface area contributed by atoms with Gasteiger partial charge in [-0.25, -0.2) is 18.5 Å². The fourth-order valence-corrected chi connectivity index (χ4v) is 5.13. The third-order valence-electron chi connectivity index (χ3n) is 4.28. The van der Waals surface area contributed by atoms with Crippen LogP contribution >= 0.6 is 23.1 Å². The van der Waals surface area contributed by atoms with E-state index in [9.17, 15) is 13.2 Å². The Bertz CT molecular complexity index is 1120. The highest BCUT2D eigenvalue weighted by Crippen LogP contribution is 2.26. The smallest absolute Gasteiger partial charge is 0.238 e. The number of thioether (sulfide) groups is 1. The van der Waals surface area contributed by atoms with E-state index in [1.807, 2.05) is 29.0 Å². The van der Waals surface area contributed by atoms with E-state index in [4.69, 9.17) is 5.14 Å². The van der Waals surface area contributed by atoms with E-state index in [1.54, 1.807) is 28.4 Å². The van der Waals surface area contributed by atoms with Crippen LogP contribution in [0.15, 0.2) is 58.4 Å². The summed E-state index contributed by atoms with van der Waals surface area (Å²) in [7, 11) is -3.80. The van der Waals surface area contributed by atoms with Crippen LogP contribution in [0.5, 0.6) is 0 Å². The second kappa shape index (κ2) is 9.12. The number of hydrogen-bond donors (Lipinski definition) is 1. The van der Waals surface area contributed by atoms with Crippen LogP contribution in [0.25, 0.3) is 11.0 Å². The first-order chi connectivity index (χ1) is 13.8. The van der Waals surface area contributed by atoms with Crippen LogP contribution in [0.1, 0.15) is 11.8 Å². The molecule has 0 radical (unpaired) electrons. The highest BCUT2D eigenvalue weighted by Gasteiger charge is 2.18. The predicted octanol–water partition coefficient (Wildman–Crippen LogP) is 3.07. The number of primary sulfonamides is 1. The molecule has 0 unspecified atom stereocenters. The Kier molecular flexibility index (Phi) is 6.78. The highest BCUT2D eigenvalue weighted by atomic mass is 32.2. The zero-order valence-corrected chi connectivity index (χ0v) is 18.4. The predicted molar refractivity (Wildman–Crippen MR) is 117 cm³/mol. The Morgan fingerprint density at radius 1 is 1.41 bits per heavy atom. The van der Waals surface area contributed by atoms with Crippen LogP contribution < -0.4 is 5.14 Å². The number of aromatic nitrogens is 2. The van der Waals surface area contributed by atoms with Crippen LogP contribution in [0.2, 0.25) is 0 Å². The zero-order chi connectivity index (χ0) is 21.0. The maximum Gasteiger partial charge on any atom is 0.238 e. The number of nitrogens with two attached hydrogens (primary N) is 1. The number of imidazole rings is 1. The normalized spacial score (nSPS) is 11.7. The minimum absolute atomic E-state index is 0.0109. The minimum atomic E-state index is -3.80. The summed E-state index contributed by atoms with van der Waals surface area (Å²) < 4.78 is 25.2. The summed E-state index contributed by atoms with van der Waals surface area (Å²) in [6.45, 7) is 7.38. The van der Waals surface area contributed by atoms with Gasteiger partial charge in [0, 0.05) is 18.0 Å². The van der Waals surface area contributed by atoms with Crippen molar-refractivity contribution >= 4 is 50.1 Å². The summed E-state index contributed by atoms with van der Waals surface area (Å²) in [6, 6.07) is 8.59. The van der Waals surface area contributed by atoms with Crippen molar-refractivity contribution in [2.24, 2.45) is 5.14 Å². The van der Waals surface area contributed by atoms with Gasteiger partial charge in [-0.3, -0.25) is 4.79 Å². The van der Waals surface area contributed by atoms with Crippen LogP contribution in [0, 0.1) is 0 Å². The lowest BCUT2D eigenvalue weighted by Crippen LogP contribution is -2.31. The molecule has 29 heavy (non-hydrogen) atoms. The lowest BCUT2D eigenvalue weighted by molar-refractivity contribution is -0.128. The van der Waals surface area contributed by atoms with E-state index in [2.05, 4.69) is 11.6 Å². The second-order valence-corrected chi connectivity index (χ2v) is 9.80. The fraction of sp³-hybridized carbons (Fsp3) is 0.263. The van der Waals surface area contributed by atoms with Gasteiger partial charge in [0.25, 0.3) is 0 Å². The summed E-state index contributed by atoms with van der Waals surface area (Å²) in [6.07, 6.45) is 1.71. The Balaban J connectivity index is 1.79. The van der Waals surface area contributed by atoms with E-state index < -0.39 is 10.0 Å². The largest absolute Gasteiger partial charge is 0.333 e. The Hall–Kier alpha value is -2.14. The molecule has 1 amide bonds. The number of carbonyl (C=O) groups excluding carboxylic acids is 1. The lowest BCUT2D eigenvalue weighted by atomic mass is 10.3. The molecule has 10 heteroatoms. The molecule has 2 heterocycles. The van der Waals surface area contributed by atoms with Crippen molar-refractivity contribution in [3.8, 4) is 0 Å². The number of carbonyl (C=O) groups is 1. The van der Waals surface area contributed by atoms with Crippen molar-refractivity contribution in [1.29, 1.82) is 0 Å². The van der Waals surface area contributed by atoms with Gasteiger partial charge in [-0.15, -0.1) is 17.9 Å². The van der Waals surface area contributed by atoms with Crippen molar-refractivity contribution in [3.05, 3.63) is 53.2 Å². The molecule has 7 nitrogen and oxygen atoms in total. The van der Waals surface area contributed by atoms with Gasteiger partial charge in [-0.05, 0) is 36.6 Å². The number of amides is 1. The van der Waals surface area contributed by atoms with Gasteiger partial charge in [0.1, 0.15) is 0 Å². The van der Waals surface area contributed by atoms with E-state index in [0.717, 1.165) is 10.4 Å². The summed E-state index contributed by atoms with van der Waals surface area (Å²) in [5.41, 5.74) is 1.34. The molecule has 0 aliphatic heterocycles. The molecule has 2 aromatic heterocycles. The average molecular weight is 451 g/mol. The third kappa shape index (κ3) is 5.08. The quantitative estimate of drug-likeness (QED) is 0.399. The Morgan fingerprint density at radius 3 is 2.83 bits per heavy atom. The standard InChI is InChI=1S/C19H22N4O3S3/c1-3-9-22(12-14-6-5-10-27-14)18(24)13-28-19-21-16-11-15(29(20,25)26)7-8-17(16)23(19)4-2/h3,5-8,10-11H,1,4,9,12-13H2,2H3,(H2,20,25,26). The zero-order valence-electron chi connectivity index (χ0n) is 15.9. The first-order valence-electron chi connectivity index (χ1n) is 8.90. The average Bonchev–Trinajstić information content (AvgIpc) is 3.31. The maximum atomic E-state index is 12.8. The topological polar surface area (TPSA) is 98.3 Å². The monoisotopic (exact) mass is 450 g/mol. The van der Waals surface area contributed by atoms with Gasteiger partial charge in [0.15, 0.2) is 5.16 Å². The molecule has 0 aliphatic carbocycles. The summed E-state index contributed by atoms with van der Waals surface area (Å²) in [5, 5.41) is 7.87. The van der Waals surface area contributed by atoms with Gasteiger partial charge < -0.3 is 9.47 Å². The van der Waals surface area contributed by atoms with Crippen molar-refractivity contribution in [1.82, 2.24) is 14.5 Å². The summed E-state index contributed by atoms with van der Waals surface area (Å²) in [5.74, 6) is 0.216. The van der Waals surface area contributed by atoms with Crippen LogP contribution in [0.4, 0.5) is 0 Å². The number of benzene rings is 1. The number of aryl methyl sites for hydroxylation is 1. The van der Waals surface area contributed by atoms with E-state index in [-0.39, 0.29) is 16.6 Å². The molecular weight excluding hydrogens is 428 g/mol. The van der Waals surface area contributed by atoms with Crippen molar-refractivity contribution in [2.75, 3.05) is 12.3 Å². The van der Waals surface area contributed by atoms with E-state index >= 15 is 0 Å². The first-order valence-corrected chi connectivity index (χ1v) is 12.3. The van der Waals surface area contributed by atoms with Gasteiger partial charge in [0.2, 0.25) is 15.9 Å². The molecule has 3 rings (SSSR count). The number of hydrogen-bond acceptors (Lipinski definition) is 6. The van der Waals surface area contributed by atoms with Gasteiger partial charge in [-0.1, -0.05) is 23.9 Å². The van der Waals surface area contributed by atoms with Gasteiger partial charge >= 0.3 is 0 Å². The Morgan fingerprint density at radius 2 is 2.21 bits per heavy atom. The molecule has 0 bridgehead atoms. The maximum absolute atomic E-state index is 12.8. The fourth-order valence-electron chi connectivity index (χ4n) is 2.90. The molecule has 0 fully saturated rings. The van der Waals surface area contributed by atoms with Crippen molar-refractivity contribution in [3.63, 3.8) is 0 Å². The molecule has 0 atom stereocenters. The van der Waals surface area contributed by atoms with Crippen LogP contribution in [-0.4, -0.2) is 41.1 Å². The molecule has 0 saturated heterocycles. The van der Waals surface area contributed by atoms with E-state index in [0.29, 0.717) is 30.3 Å². The number of nitrogens with zero attached hydrogens (tertiary/aromatic N) is 3. The number of fused-ring (bicyclic) bond motifs is 1. The van der Waals surface area contributed by atoms with Gasteiger partial charge in [0.05, 0.1) is 28.2 Å². The van der Waals surface area contributed by atoms with Crippen LogP contribution in [0.3, 0.4) is 0 Å². The lowest BCUT2D eigenvalue weighted by Gasteiger charge is -2.20. The summed E-state index contributed by atoms with van der Waals surface area (Å²) in [4.78, 5) is 20.2.